The molecule has 1 saturated carbocycles. The lowest BCUT2D eigenvalue weighted by molar-refractivity contribution is -0.153. The van der Waals surface area contributed by atoms with Crippen LogP contribution in [-0.4, -0.2) is 45.5 Å². The Bertz CT molecular complexity index is 657. The van der Waals surface area contributed by atoms with E-state index >= 15 is 0 Å². The van der Waals surface area contributed by atoms with Crippen LogP contribution in [0.3, 0.4) is 0 Å². The smallest absolute Gasteiger partial charge is 0.344 e. The Balaban J connectivity index is 1.54. The van der Waals surface area contributed by atoms with Gasteiger partial charge in [0.05, 0.1) is 17.8 Å². The Morgan fingerprint density at radius 2 is 2.12 bits per heavy atom. The molecule has 128 valence electrons. The highest BCUT2D eigenvalue weighted by Gasteiger charge is 2.63. The van der Waals surface area contributed by atoms with Gasteiger partial charge >= 0.3 is 6.03 Å². The van der Waals surface area contributed by atoms with E-state index in [2.05, 4.69) is 5.16 Å². The van der Waals surface area contributed by atoms with E-state index in [1.165, 1.54) is 0 Å². The summed E-state index contributed by atoms with van der Waals surface area (Å²) in [6, 6.07) is 9.81. The predicted octanol–water partition coefficient (Wildman–Crippen LogP) is 3.02. The normalized spacial score (nSPS) is 27.9. The summed E-state index contributed by atoms with van der Waals surface area (Å²) in [5.74, 6) is 0. The van der Waals surface area contributed by atoms with E-state index in [-0.39, 0.29) is 23.5 Å². The zero-order valence-electron chi connectivity index (χ0n) is 13.9. The minimum atomic E-state index is -0.100. The van der Waals surface area contributed by atoms with Crippen LogP contribution in [0.4, 0.5) is 4.79 Å². The maximum Gasteiger partial charge on any atom is 0.344 e. The largest absolute Gasteiger partial charge is 0.411 e. The van der Waals surface area contributed by atoms with Crippen molar-refractivity contribution in [1.29, 1.82) is 0 Å². The molecule has 6 nitrogen and oxygen atoms in total. The average Bonchev–Trinajstić information content (AvgIpc) is 3.32. The van der Waals surface area contributed by atoms with Gasteiger partial charge in [0.15, 0.2) is 0 Å². The first-order valence-electron chi connectivity index (χ1n) is 8.66. The fraction of sp³-hybridized carbons (Fsp3) is 0.556. The maximum absolute atomic E-state index is 12.9. The minimum absolute atomic E-state index is 0.0979. The Labute approximate surface area is 141 Å². The van der Waals surface area contributed by atoms with Gasteiger partial charge in [0.25, 0.3) is 0 Å². The molecule has 2 saturated heterocycles. The number of hydrogen-bond acceptors (Lipinski definition) is 4. The van der Waals surface area contributed by atoms with Crippen LogP contribution in [0, 0.1) is 5.41 Å². The molecular weight excluding hydrogens is 306 g/mol. The van der Waals surface area contributed by atoms with Gasteiger partial charge in [-0.15, -0.1) is 0 Å². The lowest BCUT2D eigenvalue weighted by Gasteiger charge is -2.36. The highest BCUT2D eigenvalue weighted by molar-refractivity contribution is 5.93. The number of piperidine rings is 1. The monoisotopic (exact) mass is 329 g/mol. The number of nitrogens with zero attached hydrogens (tertiary/aromatic N) is 3. The van der Waals surface area contributed by atoms with Gasteiger partial charge in [-0.25, -0.2) is 4.79 Å². The molecule has 1 aromatic rings. The van der Waals surface area contributed by atoms with Crippen molar-refractivity contribution >= 4 is 11.7 Å². The summed E-state index contributed by atoms with van der Waals surface area (Å²) in [6.45, 7) is 3.02. The summed E-state index contributed by atoms with van der Waals surface area (Å²) in [4.78, 5) is 20.6. The van der Waals surface area contributed by atoms with Crippen LogP contribution < -0.4 is 0 Å². The number of hydroxylamine groups is 2. The Hall–Kier alpha value is -2.08. The highest BCUT2D eigenvalue weighted by atomic mass is 16.7. The molecular formula is C18H23N3O3. The van der Waals surface area contributed by atoms with Crippen LogP contribution in [0.15, 0.2) is 35.5 Å². The summed E-state index contributed by atoms with van der Waals surface area (Å²) in [6.07, 6.45) is 3.75. The zero-order chi connectivity index (χ0) is 16.7. The second kappa shape index (κ2) is 5.77. The lowest BCUT2D eigenvalue weighted by Crippen LogP contribution is -2.49. The van der Waals surface area contributed by atoms with Gasteiger partial charge in [0.2, 0.25) is 0 Å². The predicted molar refractivity (Wildman–Crippen MR) is 88.5 cm³/mol. The van der Waals surface area contributed by atoms with Gasteiger partial charge in [-0.05, 0) is 36.7 Å². The number of rotatable bonds is 5. The summed E-state index contributed by atoms with van der Waals surface area (Å²) in [5, 5.41) is 14.3. The molecule has 1 spiro atoms. The minimum Gasteiger partial charge on any atom is -0.411 e. The average molecular weight is 329 g/mol. The van der Waals surface area contributed by atoms with Crippen molar-refractivity contribution in [3.63, 3.8) is 0 Å². The van der Waals surface area contributed by atoms with E-state index in [9.17, 15) is 10.0 Å². The first-order valence-corrected chi connectivity index (χ1v) is 8.66. The second-order valence-corrected chi connectivity index (χ2v) is 7.06. The van der Waals surface area contributed by atoms with Crippen LogP contribution in [-0.2, 0) is 11.4 Å². The number of carbonyl (C=O) groups excluding carboxylic acids is 1. The van der Waals surface area contributed by atoms with E-state index in [0.717, 1.165) is 24.8 Å². The van der Waals surface area contributed by atoms with Crippen LogP contribution >= 0.6 is 0 Å². The molecule has 0 radical (unpaired) electrons. The second-order valence-electron chi connectivity index (χ2n) is 7.06. The third-order valence-electron chi connectivity index (χ3n) is 5.75. The van der Waals surface area contributed by atoms with Crippen molar-refractivity contribution in [2.24, 2.45) is 10.6 Å². The fourth-order valence-corrected chi connectivity index (χ4v) is 4.16. The number of benzene rings is 1. The van der Waals surface area contributed by atoms with Gasteiger partial charge in [0, 0.05) is 6.54 Å². The standard InChI is InChI=1S/C18H23N3O3/c1-2-14(19-23)15-10-18(8-9-18)16-11-20(15)17(22)21(16)24-12-13-6-4-3-5-7-13/h3-7,15-16,23H,2,8-12H2,1H3/b19-14+/t15-,16+/m0/s1. The molecule has 3 aliphatic rings. The van der Waals surface area contributed by atoms with Crippen molar-refractivity contribution in [3.05, 3.63) is 35.9 Å². The summed E-state index contributed by atoms with van der Waals surface area (Å²) in [7, 11) is 0. The SMILES string of the molecule is CC/C(=N\O)[C@@H]1CC2(CC2)[C@H]2CN1C(=O)N2OCc1ccccc1. The number of hydrogen-bond donors (Lipinski definition) is 1. The summed E-state index contributed by atoms with van der Waals surface area (Å²) >= 11 is 0. The van der Waals surface area contributed by atoms with E-state index in [1.807, 2.05) is 42.2 Å². The van der Waals surface area contributed by atoms with Crippen molar-refractivity contribution in [2.45, 2.75) is 51.3 Å². The number of oxime groups is 1. The lowest BCUT2D eigenvalue weighted by atomic mass is 9.83. The Morgan fingerprint density at radius 1 is 1.38 bits per heavy atom. The van der Waals surface area contributed by atoms with Crippen LogP contribution in [0.25, 0.3) is 0 Å². The van der Waals surface area contributed by atoms with Crippen molar-refractivity contribution in [2.75, 3.05) is 6.54 Å². The first kappa shape index (κ1) is 15.4. The summed E-state index contributed by atoms with van der Waals surface area (Å²) in [5.41, 5.74) is 1.88. The van der Waals surface area contributed by atoms with Gasteiger partial charge < -0.3 is 10.1 Å². The molecule has 2 heterocycles. The molecule has 2 amide bonds. The van der Waals surface area contributed by atoms with Crippen molar-refractivity contribution in [3.8, 4) is 0 Å². The molecule has 3 fully saturated rings. The van der Waals surface area contributed by atoms with Crippen molar-refractivity contribution in [1.82, 2.24) is 9.96 Å². The Morgan fingerprint density at radius 3 is 2.75 bits per heavy atom. The van der Waals surface area contributed by atoms with Gasteiger partial charge in [0.1, 0.15) is 6.61 Å². The van der Waals surface area contributed by atoms with Crippen LogP contribution in [0.2, 0.25) is 0 Å². The zero-order valence-corrected chi connectivity index (χ0v) is 13.9. The molecule has 1 aliphatic carbocycles. The molecule has 24 heavy (non-hydrogen) atoms. The maximum atomic E-state index is 12.9. The third-order valence-corrected chi connectivity index (χ3v) is 5.75. The molecule has 0 unspecified atom stereocenters. The molecule has 1 aromatic carbocycles. The fourth-order valence-electron chi connectivity index (χ4n) is 4.16. The quantitative estimate of drug-likeness (QED) is 0.513. The van der Waals surface area contributed by atoms with E-state index in [4.69, 9.17) is 4.84 Å². The van der Waals surface area contributed by atoms with Gasteiger partial charge in [-0.1, -0.05) is 42.4 Å². The molecule has 4 rings (SSSR count). The molecule has 2 bridgehead atoms. The molecule has 2 aliphatic heterocycles. The molecule has 2 atom stereocenters. The molecule has 1 N–H and O–H groups in total. The van der Waals surface area contributed by atoms with E-state index in [0.29, 0.717) is 25.3 Å². The van der Waals surface area contributed by atoms with Gasteiger partial charge in [-0.2, -0.15) is 5.06 Å². The number of urea groups is 1. The Kier molecular flexibility index (Phi) is 3.72. The van der Waals surface area contributed by atoms with Crippen molar-refractivity contribution < 1.29 is 14.8 Å². The first-order chi connectivity index (χ1) is 11.7. The highest BCUT2D eigenvalue weighted by Crippen LogP contribution is 2.59. The third kappa shape index (κ3) is 2.36. The summed E-state index contributed by atoms with van der Waals surface area (Å²) < 4.78 is 0. The van der Waals surface area contributed by atoms with Gasteiger partial charge in [-0.3, -0.25) is 4.84 Å². The topological polar surface area (TPSA) is 65.4 Å². The number of carbonyl (C=O) groups is 1. The molecule has 6 heteroatoms. The molecule has 0 aromatic heterocycles. The van der Waals surface area contributed by atoms with E-state index < -0.39 is 0 Å². The number of fused-ring (bicyclic) bond motifs is 3. The van der Waals surface area contributed by atoms with Crippen LogP contribution in [0.1, 0.15) is 38.2 Å². The number of amides is 2. The van der Waals surface area contributed by atoms with E-state index in [1.54, 1.807) is 5.06 Å². The van der Waals surface area contributed by atoms with Crippen LogP contribution in [0.5, 0.6) is 0 Å².